The molecule has 0 aliphatic carbocycles. The van der Waals surface area contributed by atoms with Gasteiger partial charge in [0.2, 0.25) is 5.91 Å². The number of rotatable bonds is 5. The average Bonchev–Trinajstić information content (AvgIpc) is 2.60. The highest BCUT2D eigenvalue weighted by Gasteiger charge is 2.25. The first-order valence-electron chi connectivity index (χ1n) is 8.94. The van der Waals surface area contributed by atoms with Crippen LogP contribution in [0.3, 0.4) is 0 Å². The van der Waals surface area contributed by atoms with Crippen molar-refractivity contribution in [2.24, 2.45) is 5.92 Å². The number of hydrogen-bond donors (Lipinski definition) is 0. The van der Waals surface area contributed by atoms with Crippen LogP contribution in [0, 0.1) is 5.92 Å². The normalized spacial score (nSPS) is 19.4. The van der Waals surface area contributed by atoms with Gasteiger partial charge in [0, 0.05) is 26.1 Å². The van der Waals surface area contributed by atoms with E-state index in [1.54, 1.807) is 0 Å². The molecule has 124 valence electrons. The molecule has 0 saturated carbocycles. The molecule has 2 aliphatic heterocycles. The van der Waals surface area contributed by atoms with Crippen molar-refractivity contribution in [1.82, 2.24) is 9.80 Å². The zero-order valence-electron chi connectivity index (χ0n) is 14.0. The van der Waals surface area contributed by atoms with Crippen LogP contribution in [0.15, 0.2) is 36.9 Å². The third kappa shape index (κ3) is 4.23. The molecule has 23 heavy (non-hydrogen) atoms. The number of likely N-dealkylation sites (tertiary alicyclic amines) is 1. The third-order valence-corrected chi connectivity index (χ3v) is 5.30. The lowest BCUT2D eigenvalue weighted by Crippen LogP contribution is -2.39. The predicted molar refractivity (Wildman–Crippen MR) is 94.2 cm³/mol. The number of amides is 1. The van der Waals surface area contributed by atoms with Crippen LogP contribution in [-0.2, 0) is 17.8 Å². The van der Waals surface area contributed by atoms with Gasteiger partial charge in [-0.3, -0.25) is 4.79 Å². The summed E-state index contributed by atoms with van der Waals surface area (Å²) in [6.07, 6.45) is 7.11. The fourth-order valence-corrected chi connectivity index (χ4v) is 3.77. The summed E-state index contributed by atoms with van der Waals surface area (Å²) in [5.74, 6) is 0.920. The molecule has 0 aromatic heterocycles. The highest BCUT2D eigenvalue weighted by Crippen LogP contribution is 2.24. The highest BCUT2D eigenvalue weighted by molar-refractivity contribution is 5.76. The Labute approximate surface area is 140 Å². The summed E-state index contributed by atoms with van der Waals surface area (Å²) in [5, 5.41) is 0. The number of benzene rings is 1. The molecule has 3 heteroatoms. The van der Waals surface area contributed by atoms with Crippen molar-refractivity contribution >= 4 is 5.91 Å². The molecule has 0 radical (unpaired) electrons. The molecule has 1 aromatic rings. The maximum atomic E-state index is 12.6. The Morgan fingerprint density at radius 1 is 1.17 bits per heavy atom. The lowest BCUT2D eigenvalue weighted by Gasteiger charge is -2.34. The summed E-state index contributed by atoms with van der Waals surface area (Å²) < 4.78 is 0. The highest BCUT2D eigenvalue weighted by atomic mass is 16.2. The van der Waals surface area contributed by atoms with Crippen molar-refractivity contribution in [2.75, 3.05) is 26.2 Å². The second kappa shape index (κ2) is 7.78. The van der Waals surface area contributed by atoms with Crippen LogP contribution in [0.2, 0.25) is 0 Å². The van der Waals surface area contributed by atoms with Gasteiger partial charge in [-0.25, -0.2) is 0 Å². The molecule has 1 amide bonds. The second-order valence-electron chi connectivity index (χ2n) is 6.90. The van der Waals surface area contributed by atoms with Crippen molar-refractivity contribution in [1.29, 1.82) is 0 Å². The molecule has 0 spiro atoms. The SMILES string of the molecule is C=CCCN1CCC(CC(=O)N2CCc3ccccc3C2)CC1. The molecule has 1 fully saturated rings. The number of carbonyl (C=O) groups is 1. The van der Waals surface area contributed by atoms with E-state index in [-0.39, 0.29) is 0 Å². The fourth-order valence-electron chi connectivity index (χ4n) is 3.77. The van der Waals surface area contributed by atoms with Gasteiger partial charge in [-0.1, -0.05) is 30.3 Å². The lowest BCUT2D eigenvalue weighted by atomic mass is 9.92. The van der Waals surface area contributed by atoms with Gasteiger partial charge < -0.3 is 9.80 Å². The van der Waals surface area contributed by atoms with Gasteiger partial charge in [0.25, 0.3) is 0 Å². The quantitative estimate of drug-likeness (QED) is 0.779. The second-order valence-corrected chi connectivity index (χ2v) is 6.90. The maximum absolute atomic E-state index is 12.6. The van der Waals surface area contributed by atoms with Gasteiger partial charge in [-0.15, -0.1) is 6.58 Å². The number of fused-ring (bicyclic) bond motifs is 1. The zero-order chi connectivity index (χ0) is 16.1. The van der Waals surface area contributed by atoms with Gasteiger partial charge >= 0.3 is 0 Å². The Morgan fingerprint density at radius 2 is 1.91 bits per heavy atom. The van der Waals surface area contributed by atoms with Crippen LogP contribution in [-0.4, -0.2) is 41.9 Å². The Bertz CT molecular complexity index is 546. The van der Waals surface area contributed by atoms with Gasteiger partial charge in [0.05, 0.1) is 0 Å². The van der Waals surface area contributed by atoms with E-state index < -0.39 is 0 Å². The Hall–Kier alpha value is -1.61. The Kier molecular flexibility index (Phi) is 5.50. The summed E-state index contributed by atoms with van der Waals surface area (Å²) in [5.41, 5.74) is 2.73. The van der Waals surface area contributed by atoms with Crippen LogP contribution < -0.4 is 0 Å². The summed E-state index contributed by atoms with van der Waals surface area (Å²) in [7, 11) is 0. The first-order chi connectivity index (χ1) is 11.3. The Morgan fingerprint density at radius 3 is 2.65 bits per heavy atom. The smallest absolute Gasteiger partial charge is 0.223 e. The first kappa shape index (κ1) is 16.3. The number of nitrogens with zero attached hydrogens (tertiary/aromatic N) is 2. The Balaban J connectivity index is 1.46. The van der Waals surface area contributed by atoms with E-state index >= 15 is 0 Å². The number of piperidine rings is 1. The monoisotopic (exact) mass is 312 g/mol. The number of hydrogen-bond acceptors (Lipinski definition) is 2. The summed E-state index contributed by atoms with van der Waals surface area (Å²) in [6, 6.07) is 8.52. The van der Waals surface area contributed by atoms with Gasteiger partial charge in [-0.05, 0) is 55.8 Å². The molecular weight excluding hydrogens is 284 g/mol. The number of carbonyl (C=O) groups excluding carboxylic acids is 1. The third-order valence-electron chi connectivity index (χ3n) is 5.30. The first-order valence-corrected chi connectivity index (χ1v) is 8.94. The average molecular weight is 312 g/mol. The summed E-state index contributed by atoms with van der Waals surface area (Å²) in [4.78, 5) is 17.2. The van der Waals surface area contributed by atoms with Gasteiger partial charge in [0.1, 0.15) is 0 Å². The fraction of sp³-hybridized carbons (Fsp3) is 0.550. The molecule has 2 aliphatic rings. The van der Waals surface area contributed by atoms with E-state index in [1.165, 1.54) is 11.1 Å². The topological polar surface area (TPSA) is 23.6 Å². The molecule has 0 atom stereocenters. The van der Waals surface area contributed by atoms with Gasteiger partial charge in [0.15, 0.2) is 0 Å². The molecule has 1 saturated heterocycles. The largest absolute Gasteiger partial charge is 0.338 e. The van der Waals surface area contributed by atoms with Gasteiger partial charge in [-0.2, -0.15) is 0 Å². The standard InChI is InChI=1S/C20H28N2O/c1-2-3-11-21-12-8-17(9-13-21)15-20(23)22-14-10-18-6-4-5-7-19(18)16-22/h2,4-7,17H,1,3,8-16H2. The van der Waals surface area contributed by atoms with E-state index in [4.69, 9.17) is 0 Å². The minimum Gasteiger partial charge on any atom is -0.338 e. The molecule has 3 nitrogen and oxygen atoms in total. The molecule has 0 bridgehead atoms. The molecular formula is C20H28N2O. The van der Waals surface area contributed by atoms with Crippen LogP contribution in [0.1, 0.15) is 36.8 Å². The van der Waals surface area contributed by atoms with Crippen molar-refractivity contribution < 1.29 is 4.79 Å². The summed E-state index contributed by atoms with van der Waals surface area (Å²) in [6.45, 7) is 8.86. The minimum atomic E-state index is 0.351. The molecule has 1 aromatic carbocycles. The van der Waals surface area contributed by atoms with E-state index in [9.17, 15) is 4.79 Å². The molecule has 0 unspecified atom stereocenters. The van der Waals surface area contributed by atoms with E-state index in [0.29, 0.717) is 11.8 Å². The van der Waals surface area contributed by atoms with Crippen molar-refractivity contribution in [3.63, 3.8) is 0 Å². The van der Waals surface area contributed by atoms with Crippen molar-refractivity contribution in [2.45, 2.75) is 38.6 Å². The lowest BCUT2D eigenvalue weighted by molar-refractivity contribution is -0.133. The molecule has 0 N–H and O–H groups in total. The van der Waals surface area contributed by atoms with Crippen LogP contribution in [0.4, 0.5) is 0 Å². The van der Waals surface area contributed by atoms with Crippen LogP contribution in [0.25, 0.3) is 0 Å². The van der Waals surface area contributed by atoms with Crippen LogP contribution >= 0.6 is 0 Å². The van der Waals surface area contributed by atoms with E-state index in [1.807, 2.05) is 6.08 Å². The molecule has 2 heterocycles. The van der Waals surface area contributed by atoms with Crippen molar-refractivity contribution in [3.8, 4) is 0 Å². The van der Waals surface area contributed by atoms with E-state index in [2.05, 4.69) is 40.6 Å². The predicted octanol–water partition coefficient (Wildman–Crippen LogP) is 3.25. The van der Waals surface area contributed by atoms with Crippen LogP contribution in [0.5, 0.6) is 0 Å². The minimum absolute atomic E-state index is 0.351. The van der Waals surface area contributed by atoms with E-state index in [0.717, 1.165) is 64.8 Å². The molecule has 3 rings (SSSR count). The summed E-state index contributed by atoms with van der Waals surface area (Å²) >= 11 is 0. The zero-order valence-corrected chi connectivity index (χ0v) is 14.0. The maximum Gasteiger partial charge on any atom is 0.223 e. The van der Waals surface area contributed by atoms with Crippen molar-refractivity contribution in [3.05, 3.63) is 48.0 Å².